The van der Waals surface area contributed by atoms with Crippen molar-refractivity contribution < 1.29 is 14.2 Å². The van der Waals surface area contributed by atoms with Crippen molar-refractivity contribution in [3.63, 3.8) is 0 Å². The molecule has 150 valence electrons. The third kappa shape index (κ3) is 7.88. The van der Waals surface area contributed by atoms with Crippen LogP contribution in [0.3, 0.4) is 0 Å². The highest BCUT2D eigenvalue weighted by Crippen LogP contribution is 2.38. The van der Waals surface area contributed by atoms with Gasteiger partial charge in [-0.25, -0.2) is 0 Å². The van der Waals surface area contributed by atoms with Crippen molar-refractivity contribution in [1.29, 1.82) is 0 Å². The number of rotatable bonds is 10. The lowest BCUT2D eigenvalue weighted by molar-refractivity contribution is 0.323. The van der Waals surface area contributed by atoms with Crippen LogP contribution < -0.4 is 24.8 Å². The molecular weight excluding hydrogens is 445 g/mol. The number of hydrogen-bond acceptors (Lipinski definition) is 4. The Balaban J connectivity index is 0.00000625. The quantitative estimate of drug-likeness (QED) is 0.230. The van der Waals surface area contributed by atoms with E-state index >= 15 is 0 Å². The second-order valence-electron chi connectivity index (χ2n) is 6.00. The molecule has 0 fully saturated rings. The highest BCUT2D eigenvalue weighted by Gasteiger charge is 2.13. The fraction of sp³-hybridized carbons (Fsp3) is 0.632. The number of nitrogens with zero attached hydrogens (tertiary/aromatic N) is 1. The van der Waals surface area contributed by atoms with E-state index in [-0.39, 0.29) is 24.0 Å². The fourth-order valence-electron chi connectivity index (χ4n) is 2.62. The van der Waals surface area contributed by atoms with E-state index in [9.17, 15) is 0 Å². The Morgan fingerprint density at radius 3 is 2.15 bits per heavy atom. The monoisotopic (exact) mass is 479 g/mol. The van der Waals surface area contributed by atoms with Crippen molar-refractivity contribution in [2.75, 3.05) is 28.4 Å². The molecule has 0 amide bonds. The van der Waals surface area contributed by atoms with E-state index in [0.29, 0.717) is 29.8 Å². The lowest BCUT2D eigenvalue weighted by Crippen LogP contribution is -2.41. The summed E-state index contributed by atoms with van der Waals surface area (Å²) in [6.07, 6.45) is 4.87. The minimum atomic E-state index is 0. The predicted octanol–water partition coefficient (Wildman–Crippen LogP) is 3.96. The van der Waals surface area contributed by atoms with Gasteiger partial charge in [-0.1, -0.05) is 26.2 Å². The Morgan fingerprint density at radius 1 is 1.08 bits per heavy atom. The van der Waals surface area contributed by atoms with E-state index in [1.807, 2.05) is 12.1 Å². The molecule has 0 aromatic heterocycles. The zero-order chi connectivity index (χ0) is 18.7. The lowest BCUT2D eigenvalue weighted by Gasteiger charge is -2.19. The summed E-state index contributed by atoms with van der Waals surface area (Å²) in [5, 5.41) is 6.76. The van der Waals surface area contributed by atoms with Crippen LogP contribution in [0.25, 0.3) is 0 Å². The molecule has 0 aliphatic rings. The molecule has 0 radical (unpaired) electrons. The molecule has 6 nitrogen and oxygen atoms in total. The van der Waals surface area contributed by atoms with Gasteiger partial charge in [-0.3, -0.25) is 4.99 Å². The van der Waals surface area contributed by atoms with E-state index in [1.54, 1.807) is 28.4 Å². The third-order valence-corrected chi connectivity index (χ3v) is 4.03. The maximum absolute atomic E-state index is 5.39. The highest BCUT2D eigenvalue weighted by atomic mass is 127. The van der Waals surface area contributed by atoms with Gasteiger partial charge in [0.05, 0.1) is 21.3 Å². The Bertz CT molecular complexity index is 528. The molecule has 0 aliphatic heterocycles. The van der Waals surface area contributed by atoms with Crippen molar-refractivity contribution in [2.45, 2.75) is 52.1 Å². The van der Waals surface area contributed by atoms with Gasteiger partial charge in [-0.05, 0) is 31.0 Å². The molecule has 0 saturated heterocycles. The molecule has 0 spiro atoms. The first-order valence-electron chi connectivity index (χ1n) is 8.85. The van der Waals surface area contributed by atoms with Gasteiger partial charge in [-0.15, -0.1) is 24.0 Å². The van der Waals surface area contributed by atoms with Crippen LogP contribution in [0.5, 0.6) is 17.2 Å². The average Bonchev–Trinajstić information content (AvgIpc) is 2.64. The van der Waals surface area contributed by atoms with Gasteiger partial charge in [0.1, 0.15) is 0 Å². The van der Waals surface area contributed by atoms with Crippen molar-refractivity contribution in [2.24, 2.45) is 4.99 Å². The molecule has 1 atom stereocenters. The van der Waals surface area contributed by atoms with Gasteiger partial charge in [0.15, 0.2) is 17.5 Å². The standard InChI is InChI=1S/C19H33N3O3.HI/c1-7-8-9-10-14(2)22-19(20-3)21-13-15-11-16(23-4)18(25-6)17(12-15)24-5;/h11-12,14H,7-10,13H2,1-6H3,(H2,20,21,22);1H. The van der Waals surface area contributed by atoms with Gasteiger partial charge in [0.25, 0.3) is 0 Å². The van der Waals surface area contributed by atoms with Gasteiger partial charge in [-0.2, -0.15) is 0 Å². The Morgan fingerprint density at radius 2 is 1.69 bits per heavy atom. The second-order valence-corrected chi connectivity index (χ2v) is 6.00. The molecule has 26 heavy (non-hydrogen) atoms. The molecule has 1 aromatic carbocycles. The van der Waals surface area contributed by atoms with Crippen LogP contribution in [0, 0.1) is 0 Å². The molecule has 0 bridgehead atoms. The summed E-state index contributed by atoms with van der Waals surface area (Å²) in [6.45, 7) is 5.01. The molecule has 1 aromatic rings. The van der Waals surface area contributed by atoms with Crippen molar-refractivity contribution in [1.82, 2.24) is 10.6 Å². The number of guanidine groups is 1. The summed E-state index contributed by atoms with van der Waals surface area (Å²) in [6, 6.07) is 4.26. The van der Waals surface area contributed by atoms with E-state index < -0.39 is 0 Å². The van der Waals surface area contributed by atoms with E-state index in [2.05, 4.69) is 29.5 Å². The van der Waals surface area contributed by atoms with Crippen LogP contribution >= 0.6 is 24.0 Å². The number of nitrogens with one attached hydrogen (secondary N) is 2. The van der Waals surface area contributed by atoms with Gasteiger partial charge in [0.2, 0.25) is 5.75 Å². The molecular formula is C19H34IN3O3. The van der Waals surface area contributed by atoms with Crippen molar-refractivity contribution in [3.8, 4) is 17.2 Å². The third-order valence-electron chi connectivity index (χ3n) is 4.03. The minimum Gasteiger partial charge on any atom is -0.493 e. The van der Waals surface area contributed by atoms with Gasteiger partial charge in [0, 0.05) is 19.6 Å². The van der Waals surface area contributed by atoms with Crippen LogP contribution in [0.15, 0.2) is 17.1 Å². The van der Waals surface area contributed by atoms with E-state index in [1.165, 1.54) is 19.3 Å². The molecule has 1 unspecified atom stereocenters. The first kappa shape index (κ1) is 24.6. The Labute approximate surface area is 175 Å². The largest absolute Gasteiger partial charge is 0.493 e. The number of halogens is 1. The van der Waals surface area contributed by atoms with E-state index in [0.717, 1.165) is 17.9 Å². The number of ether oxygens (including phenoxy) is 3. The highest BCUT2D eigenvalue weighted by molar-refractivity contribution is 14.0. The van der Waals surface area contributed by atoms with Gasteiger partial charge >= 0.3 is 0 Å². The fourth-order valence-corrected chi connectivity index (χ4v) is 2.62. The molecule has 7 heteroatoms. The van der Waals surface area contributed by atoms with Crippen LogP contribution in [-0.4, -0.2) is 40.4 Å². The number of aliphatic imine (C=N–C) groups is 1. The average molecular weight is 479 g/mol. The summed E-state index contributed by atoms with van der Waals surface area (Å²) < 4.78 is 16.1. The number of unbranched alkanes of at least 4 members (excludes halogenated alkanes) is 2. The summed E-state index contributed by atoms with van der Waals surface area (Å²) in [5.41, 5.74) is 1.02. The summed E-state index contributed by atoms with van der Waals surface area (Å²) >= 11 is 0. The maximum atomic E-state index is 5.39. The smallest absolute Gasteiger partial charge is 0.203 e. The van der Waals surface area contributed by atoms with Crippen LogP contribution in [-0.2, 0) is 6.54 Å². The molecule has 0 aliphatic carbocycles. The second kappa shape index (κ2) is 13.8. The zero-order valence-corrected chi connectivity index (χ0v) is 19.2. The Kier molecular flexibility index (Phi) is 13.0. The zero-order valence-electron chi connectivity index (χ0n) is 16.8. The minimum absolute atomic E-state index is 0. The summed E-state index contributed by atoms with van der Waals surface area (Å²) in [4.78, 5) is 4.30. The molecule has 0 heterocycles. The van der Waals surface area contributed by atoms with Crippen molar-refractivity contribution in [3.05, 3.63) is 17.7 Å². The topological polar surface area (TPSA) is 64.1 Å². The van der Waals surface area contributed by atoms with Crippen molar-refractivity contribution >= 4 is 29.9 Å². The predicted molar refractivity (Wildman–Crippen MR) is 118 cm³/mol. The van der Waals surface area contributed by atoms with Crippen LogP contribution in [0.2, 0.25) is 0 Å². The Hall–Kier alpha value is -1.38. The number of methoxy groups -OCH3 is 3. The first-order valence-corrected chi connectivity index (χ1v) is 8.85. The lowest BCUT2D eigenvalue weighted by atomic mass is 10.1. The van der Waals surface area contributed by atoms with Crippen LogP contribution in [0.4, 0.5) is 0 Å². The molecule has 1 rings (SSSR count). The summed E-state index contributed by atoms with van der Waals surface area (Å²) in [7, 11) is 6.62. The maximum Gasteiger partial charge on any atom is 0.203 e. The van der Waals surface area contributed by atoms with Gasteiger partial charge < -0.3 is 24.8 Å². The molecule has 2 N–H and O–H groups in total. The van der Waals surface area contributed by atoms with Crippen LogP contribution in [0.1, 0.15) is 45.1 Å². The number of hydrogen-bond donors (Lipinski definition) is 2. The number of benzene rings is 1. The normalized spacial score (nSPS) is 12.0. The van der Waals surface area contributed by atoms with E-state index in [4.69, 9.17) is 14.2 Å². The SMILES string of the molecule is CCCCCC(C)NC(=NC)NCc1cc(OC)c(OC)c(OC)c1.I. The molecule has 0 saturated carbocycles. The first-order chi connectivity index (χ1) is 12.1. The summed E-state index contributed by atoms with van der Waals surface area (Å²) in [5.74, 6) is 2.68.